The number of amides is 1. The van der Waals surface area contributed by atoms with E-state index in [4.69, 9.17) is 4.74 Å². The van der Waals surface area contributed by atoms with Gasteiger partial charge in [0.05, 0.1) is 17.6 Å². The van der Waals surface area contributed by atoms with Gasteiger partial charge in [0.25, 0.3) is 0 Å². The van der Waals surface area contributed by atoms with E-state index in [0.29, 0.717) is 19.7 Å². The number of methoxy groups -OCH3 is 1. The van der Waals surface area contributed by atoms with Crippen molar-refractivity contribution in [1.82, 2.24) is 10.6 Å². The Bertz CT molecular complexity index is 378. The number of ether oxygens (including phenoxy) is 1. The highest BCUT2D eigenvalue weighted by Gasteiger charge is 2.28. The highest BCUT2D eigenvalue weighted by molar-refractivity contribution is 7.92. The summed E-state index contributed by atoms with van der Waals surface area (Å²) in [5.74, 6) is -0.222. The van der Waals surface area contributed by atoms with Crippen molar-refractivity contribution in [2.24, 2.45) is 0 Å². The zero-order chi connectivity index (χ0) is 14.8. The standard InChI is InChI=1S/C13H26N2O4S/c1-19-10-9-14-7-8-15-13(16)6-11-20(17,18)12-4-2-3-5-12/h12,14H,2-11H2,1H3,(H,15,16). The van der Waals surface area contributed by atoms with Crippen LogP contribution in [0.3, 0.4) is 0 Å². The lowest BCUT2D eigenvalue weighted by atomic mass is 10.4. The molecule has 0 aromatic heterocycles. The highest BCUT2D eigenvalue weighted by atomic mass is 32.2. The predicted molar refractivity (Wildman–Crippen MR) is 78.4 cm³/mol. The van der Waals surface area contributed by atoms with Gasteiger partial charge in [-0.15, -0.1) is 0 Å². The summed E-state index contributed by atoms with van der Waals surface area (Å²) < 4.78 is 28.8. The zero-order valence-electron chi connectivity index (χ0n) is 12.2. The van der Waals surface area contributed by atoms with E-state index in [2.05, 4.69) is 10.6 Å². The number of rotatable bonds is 10. The lowest BCUT2D eigenvalue weighted by Gasteiger charge is -2.11. The Balaban J connectivity index is 2.10. The molecule has 1 fully saturated rings. The van der Waals surface area contributed by atoms with Crippen LogP contribution in [0.2, 0.25) is 0 Å². The number of hydrogen-bond donors (Lipinski definition) is 2. The number of hydrogen-bond acceptors (Lipinski definition) is 5. The molecule has 0 atom stereocenters. The van der Waals surface area contributed by atoms with Gasteiger partial charge in [-0.1, -0.05) is 12.8 Å². The Kier molecular flexibility index (Phi) is 8.09. The first-order valence-electron chi connectivity index (χ1n) is 7.24. The van der Waals surface area contributed by atoms with Crippen molar-refractivity contribution in [3.05, 3.63) is 0 Å². The van der Waals surface area contributed by atoms with Gasteiger partial charge in [0.1, 0.15) is 0 Å². The molecule has 0 aliphatic heterocycles. The Labute approximate surface area is 121 Å². The number of nitrogens with one attached hydrogen (secondary N) is 2. The molecule has 1 amide bonds. The molecule has 0 unspecified atom stereocenters. The number of carbonyl (C=O) groups excluding carboxylic acids is 1. The molecule has 7 heteroatoms. The normalized spacial score (nSPS) is 16.4. The van der Waals surface area contributed by atoms with Crippen LogP contribution in [0.4, 0.5) is 0 Å². The average Bonchev–Trinajstić information content (AvgIpc) is 2.95. The molecular formula is C13H26N2O4S. The first-order valence-corrected chi connectivity index (χ1v) is 8.95. The molecule has 2 N–H and O–H groups in total. The molecule has 1 aliphatic carbocycles. The van der Waals surface area contributed by atoms with E-state index in [1.807, 2.05) is 0 Å². The largest absolute Gasteiger partial charge is 0.383 e. The number of carbonyl (C=O) groups is 1. The maximum atomic E-state index is 12.0. The smallest absolute Gasteiger partial charge is 0.221 e. The summed E-state index contributed by atoms with van der Waals surface area (Å²) in [5.41, 5.74) is 0. The fraction of sp³-hybridized carbons (Fsp3) is 0.923. The van der Waals surface area contributed by atoms with Gasteiger partial charge < -0.3 is 15.4 Å². The van der Waals surface area contributed by atoms with Crippen molar-refractivity contribution in [2.45, 2.75) is 37.4 Å². The molecule has 118 valence electrons. The lowest BCUT2D eigenvalue weighted by Crippen LogP contribution is -2.34. The molecule has 0 radical (unpaired) electrons. The van der Waals surface area contributed by atoms with Crippen molar-refractivity contribution in [1.29, 1.82) is 0 Å². The minimum Gasteiger partial charge on any atom is -0.383 e. The van der Waals surface area contributed by atoms with E-state index in [9.17, 15) is 13.2 Å². The molecule has 1 saturated carbocycles. The molecule has 1 aliphatic rings. The van der Waals surface area contributed by atoms with Crippen LogP contribution in [0.25, 0.3) is 0 Å². The zero-order valence-corrected chi connectivity index (χ0v) is 13.0. The summed E-state index contributed by atoms with van der Waals surface area (Å²) in [4.78, 5) is 11.6. The fourth-order valence-corrected chi connectivity index (χ4v) is 4.18. The van der Waals surface area contributed by atoms with Gasteiger partial charge in [-0.2, -0.15) is 0 Å². The Morgan fingerprint density at radius 2 is 1.90 bits per heavy atom. The van der Waals surface area contributed by atoms with Crippen LogP contribution >= 0.6 is 0 Å². The van der Waals surface area contributed by atoms with Crippen LogP contribution in [-0.4, -0.2) is 58.7 Å². The molecule has 0 heterocycles. The van der Waals surface area contributed by atoms with Gasteiger partial charge in [0.2, 0.25) is 5.91 Å². The summed E-state index contributed by atoms with van der Waals surface area (Å²) in [6, 6.07) is 0. The monoisotopic (exact) mass is 306 g/mol. The SMILES string of the molecule is COCCNCCNC(=O)CCS(=O)(=O)C1CCCC1. The molecular weight excluding hydrogens is 280 g/mol. The van der Waals surface area contributed by atoms with E-state index in [-0.39, 0.29) is 23.3 Å². The van der Waals surface area contributed by atoms with E-state index in [0.717, 1.165) is 32.2 Å². The minimum atomic E-state index is -3.09. The van der Waals surface area contributed by atoms with Crippen LogP contribution in [0.5, 0.6) is 0 Å². The van der Waals surface area contributed by atoms with E-state index in [1.54, 1.807) is 7.11 Å². The summed E-state index contributed by atoms with van der Waals surface area (Å²) >= 11 is 0. The van der Waals surface area contributed by atoms with Crippen LogP contribution < -0.4 is 10.6 Å². The first kappa shape index (κ1) is 17.4. The molecule has 20 heavy (non-hydrogen) atoms. The van der Waals surface area contributed by atoms with Crippen molar-refractivity contribution in [3.63, 3.8) is 0 Å². The Morgan fingerprint density at radius 3 is 2.55 bits per heavy atom. The third-order valence-electron chi connectivity index (χ3n) is 3.53. The van der Waals surface area contributed by atoms with Crippen molar-refractivity contribution < 1.29 is 17.9 Å². The third-order valence-corrected chi connectivity index (χ3v) is 5.79. The van der Waals surface area contributed by atoms with Gasteiger partial charge in [0, 0.05) is 33.2 Å². The second-order valence-electron chi connectivity index (χ2n) is 5.12. The minimum absolute atomic E-state index is 0.0272. The van der Waals surface area contributed by atoms with E-state index in [1.165, 1.54) is 0 Å². The summed E-state index contributed by atoms with van der Waals surface area (Å²) in [6.45, 7) is 2.53. The summed E-state index contributed by atoms with van der Waals surface area (Å²) in [7, 11) is -1.46. The van der Waals surface area contributed by atoms with Gasteiger partial charge >= 0.3 is 0 Å². The molecule has 0 aromatic carbocycles. The predicted octanol–water partition coefficient (Wildman–Crippen LogP) is 0.0861. The molecule has 0 saturated heterocycles. The van der Waals surface area contributed by atoms with E-state index < -0.39 is 9.84 Å². The Hall–Kier alpha value is -0.660. The van der Waals surface area contributed by atoms with Gasteiger partial charge in [-0.3, -0.25) is 4.79 Å². The lowest BCUT2D eigenvalue weighted by molar-refractivity contribution is -0.120. The summed E-state index contributed by atoms with van der Waals surface area (Å²) in [5, 5.41) is 5.60. The topological polar surface area (TPSA) is 84.5 Å². The molecule has 6 nitrogen and oxygen atoms in total. The molecule has 0 bridgehead atoms. The first-order chi connectivity index (χ1) is 9.56. The maximum Gasteiger partial charge on any atom is 0.221 e. The van der Waals surface area contributed by atoms with Gasteiger partial charge in [0.15, 0.2) is 9.84 Å². The maximum absolute atomic E-state index is 12.0. The summed E-state index contributed by atoms with van der Waals surface area (Å²) in [6.07, 6.45) is 3.56. The molecule has 1 rings (SSSR count). The second-order valence-corrected chi connectivity index (χ2v) is 7.52. The Morgan fingerprint density at radius 1 is 1.20 bits per heavy atom. The highest BCUT2D eigenvalue weighted by Crippen LogP contribution is 2.25. The van der Waals surface area contributed by atoms with Crippen LogP contribution in [-0.2, 0) is 19.4 Å². The van der Waals surface area contributed by atoms with Crippen molar-refractivity contribution >= 4 is 15.7 Å². The van der Waals surface area contributed by atoms with Crippen LogP contribution in [0.1, 0.15) is 32.1 Å². The van der Waals surface area contributed by atoms with Crippen LogP contribution in [0.15, 0.2) is 0 Å². The quantitative estimate of drug-likeness (QED) is 0.559. The molecule has 0 spiro atoms. The van der Waals surface area contributed by atoms with E-state index >= 15 is 0 Å². The van der Waals surface area contributed by atoms with Crippen molar-refractivity contribution in [2.75, 3.05) is 39.1 Å². The second kappa shape index (κ2) is 9.31. The number of sulfone groups is 1. The van der Waals surface area contributed by atoms with Gasteiger partial charge in [-0.25, -0.2) is 8.42 Å². The van der Waals surface area contributed by atoms with Gasteiger partial charge in [-0.05, 0) is 12.8 Å². The molecule has 0 aromatic rings. The van der Waals surface area contributed by atoms with Crippen LogP contribution in [0, 0.1) is 0 Å². The average molecular weight is 306 g/mol. The fourth-order valence-electron chi connectivity index (χ4n) is 2.33. The van der Waals surface area contributed by atoms with Crippen molar-refractivity contribution in [3.8, 4) is 0 Å². The third kappa shape index (κ3) is 6.67.